The van der Waals surface area contributed by atoms with Crippen LogP contribution in [0.2, 0.25) is 0 Å². The van der Waals surface area contributed by atoms with Crippen molar-refractivity contribution in [2.75, 3.05) is 5.43 Å². The highest BCUT2D eigenvalue weighted by atomic mass is 16.3. The summed E-state index contributed by atoms with van der Waals surface area (Å²) in [5.41, 5.74) is 2.65. The molecular weight excluding hydrogens is 228 g/mol. The van der Waals surface area contributed by atoms with Gasteiger partial charge in [-0.15, -0.1) is 5.10 Å². The first-order valence-electron chi connectivity index (χ1n) is 4.45. The highest BCUT2D eigenvalue weighted by Crippen LogP contribution is 2.36. The minimum absolute atomic E-state index is 0.156. The number of rotatable bonds is 3. The number of aromatic nitrogens is 4. The lowest BCUT2D eigenvalue weighted by Gasteiger charge is -2.02. The Labute approximate surface area is 94.4 Å². The van der Waals surface area contributed by atoms with Gasteiger partial charge in [0.15, 0.2) is 11.5 Å². The van der Waals surface area contributed by atoms with Crippen LogP contribution in [-0.2, 0) is 0 Å². The van der Waals surface area contributed by atoms with Gasteiger partial charge in [-0.3, -0.25) is 0 Å². The fraction of sp³-hybridized carbons (Fsp3) is 0. The van der Waals surface area contributed by atoms with Crippen LogP contribution >= 0.6 is 0 Å². The van der Waals surface area contributed by atoms with E-state index < -0.39 is 17.2 Å². The molecule has 0 aliphatic carbocycles. The zero-order chi connectivity index (χ0) is 12.3. The average Bonchev–Trinajstić information content (AvgIpc) is 2.82. The first kappa shape index (κ1) is 10.7. The molecule has 0 spiro atoms. The van der Waals surface area contributed by atoms with Crippen molar-refractivity contribution in [1.82, 2.24) is 20.6 Å². The number of benzene rings is 1. The molecule has 0 aliphatic rings. The largest absolute Gasteiger partial charge is 0.504 e. The molecule has 1 heterocycles. The van der Waals surface area contributed by atoms with Crippen molar-refractivity contribution in [2.45, 2.75) is 0 Å². The zero-order valence-corrected chi connectivity index (χ0v) is 8.36. The molecule has 88 valence electrons. The molecular formula is C8H8N6O3. The first-order chi connectivity index (χ1) is 8.18. The number of H-pyrrole nitrogens is 1. The van der Waals surface area contributed by atoms with Crippen molar-refractivity contribution in [1.29, 1.82) is 0 Å². The van der Waals surface area contributed by atoms with Crippen molar-refractivity contribution < 1.29 is 15.3 Å². The molecule has 0 amide bonds. The van der Waals surface area contributed by atoms with Crippen molar-refractivity contribution in [3.8, 4) is 17.2 Å². The van der Waals surface area contributed by atoms with Gasteiger partial charge in [0, 0.05) is 5.56 Å². The van der Waals surface area contributed by atoms with E-state index in [0.717, 1.165) is 0 Å². The van der Waals surface area contributed by atoms with Crippen molar-refractivity contribution in [2.24, 2.45) is 5.10 Å². The van der Waals surface area contributed by atoms with Gasteiger partial charge in [0.05, 0.1) is 6.21 Å². The van der Waals surface area contributed by atoms with Gasteiger partial charge in [-0.05, 0) is 17.3 Å². The highest BCUT2D eigenvalue weighted by Gasteiger charge is 2.09. The molecule has 17 heavy (non-hydrogen) atoms. The maximum absolute atomic E-state index is 9.46. The highest BCUT2D eigenvalue weighted by molar-refractivity contribution is 5.85. The molecule has 5 N–H and O–H groups in total. The third kappa shape index (κ3) is 2.22. The van der Waals surface area contributed by atoms with Gasteiger partial charge in [-0.2, -0.15) is 10.3 Å². The van der Waals surface area contributed by atoms with E-state index >= 15 is 0 Å². The van der Waals surface area contributed by atoms with Crippen LogP contribution in [0.4, 0.5) is 5.95 Å². The van der Waals surface area contributed by atoms with Crippen LogP contribution in [0.5, 0.6) is 17.2 Å². The maximum atomic E-state index is 9.46. The monoisotopic (exact) mass is 236 g/mol. The van der Waals surface area contributed by atoms with Gasteiger partial charge in [-0.25, -0.2) is 5.43 Å². The second kappa shape index (κ2) is 4.35. The molecule has 0 aliphatic heterocycles. The van der Waals surface area contributed by atoms with Crippen LogP contribution in [0.3, 0.4) is 0 Å². The molecule has 2 rings (SSSR count). The Morgan fingerprint density at radius 1 is 1.24 bits per heavy atom. The third-order valence-corrected chi connectivity index (χ3v) is 1.87. The van der Waals surface area contributed by atoms with Crippen LogP contribution in [0.25, 0.3) is 0 Å². The Hall–Kier alpha value is -2.84. The number of hydrazone groups is 1. The SMILES string of the molecule is Oc1ccc(/C=N\Nc2nn[nH]n2)c(O)c1O. The number of phenolic OH excluding ortho intramolecular Hbond substituents is 3. The van der Waals surface area contributed by atoms with Gasteiger partial charge in [0.25, 0.3) is 5.95 Å². The molecule has 0 saturated heterocycles. The van der Waals surface area contributed by atoms with Crippen LogP contribution in [0.15, 0.2) is 17.2 Å². The molecule has 0 saturated carbocycles. The van der Waals surface area contributed by atoms with E-state index in [2.05, 4.69) is 31.2 Å². The number of hydrogen-bond donors (Lipinski definition) is 5. The summed E-state index contributed by atoms with van der Waals surface area (Å²) in [5, 5.41) is 44.2. The predicted molar refractivity (Wildman–Crippen MR) is 56.8 cm³/mol. The summed E-state index contributed by atoms with van der Waals surface area (Å²) in [6, 6.07) is 2.61. The van der Waals surface area contributed by atoms with Gasteiger partial charge in [0.1, 0.15) is 0 Å². The Morgan fingerprint density at radius 3 is 2.76 bits per heavy atom. The average molecular weight is 236 g/mol. The zero-order valence-electron chi connectivity index (χ0n) is 8.36. The molecule has 0 bridgehead atoms. The Kier molecular flexibility index (Phi) is 2.73. The van der Waals surface area contributed by atoms with Crippen LogP contribution in [0, 0.1) is 0 Å². The lowest BCUT2D eigenvalue weighted by atomic mass is 10.2. The number of anilines is 1. The lowest BCUT2D eigenvalue weighted by molar-refractivity contribution is 0.367. The summed E-state index contributed by atoms with van der Waals surface area (Å²) in [4.78, 5) is 0. The van der Waals surface area contributed by atoms with Gasteiger partial charge < -0.3 is 15.3 Å². The Morgan fingerprint density at radius 2 is 2.06 bits per heavy atom. The molecule has 2 aromatic rings. The third-order valence-electron chi connectivity index (χ3n) is 1.87. The second-order valence-electron chi connectivity index (χ2n) is 2.98. The molecule has 1 aromatic carbocycles. The molecule has 9 heteroatoms. The minimum Gasteiger partial charge on any atom is -0.504 e. The fourth-order valence-electron chi connectivity index (χ4n) is 1.06. The summed E-state index contributed by atoms with van der Waals surface area (Å²) >= 11 is 0. The van der Waals surface area contributed by atoms with Crippen molar-refractivity contribution >= 4 is 12.2 Å². The van der Waals surface area contributed by atoms with E-state index in [9.17, 15) is 10.2 Å². The standard InChI is InChI=1S/C8H8N6O3/c15-5-2-1-4(6(16)7(5)17)3-9-10-8-11-13-14-12-8/h1-3,15-17H,(H2,10,11,12,13,14)/b9-3-. The van der Waals surface area contributed by atoms with Crippen LogP contribution < -0.4 is 5.43 Å². The second-order valence-corrected chi connectivity index (χ2v) is 2.98. The summed E-state index contributed by atoms with van der Waals surface area (Å²) in [6.07, 6.45) is 1.23. The smallest absolute Gasteiger partial charge is 0.283 e. The maximum Gasteiger partial charge on any atom is 0.283 e. The number of nitrogens with one attached hydrogen (secondary N) is 2. The first-order valence-corrected chi connectivity index (χ1v) is 4.45. The fourth-order valence-corrected chi connectivity index (χ4v) is 1.06. The molecule has 0 atom stereocenters. The Balaban J connectivity index is 2.14. The topological polar surface area (TPSA) is 140 Å². The van der Waals surface area contributed by atoms with Gasteiger partial charge in [0.2, 0.25) is 5.75 Å². The minimum atomic E-state index is -0.603. The number of hydrogen-bond acceptors (Lipinski definition) is 8. The number of aromatic hydroxyl groups is 3. The molecule has 0 radical (unpaired) electrons. The van der Waals surface area contributed by atoms with Crippen LogP contribution in [-0.4, -0.2) is 42.2 Å². The van der Waals surface area contributed by atoms with E-state index in [-0.39, 0.29) is 11.5 Å². The van der Waals surface area contributed by atoms with E-state index in [1.807, 2.05) is 0 Å². The summed E-state index contributed by atoms with van der Waals surface area (Å²) in [5.74, 6) is -1.33. The number of nitrogens with zero attached hydrogens (tertiary/aromatic N) is 4. The summed E-state index contributed by atoms with van der Waals surface area (Å²) in [7, 11) is 0. The van der Waals surface area contributed by atoms with E-state index in [1.165, 1.54) is 18.3 Å². The molecule has 1 aromatic heterocycles. The van der Waals surface area contributed by atoms with E-state index in [4.69, 9.17) is 5.11 Å². The van der Waals surface area contributed by atoms with Crippen LogP contribution in [0.1, 0.15) is 5.56 Å². The Bertz CT molecular complexity index is 538. The quantitative estimate of drug-likeness (QED) is 0.281. The van der Waals surface area contributed by atoms with Crippen molar-refractivity contribution in [3.05, 3.63) is 17.7 Å². The van der Waals surface area contributed by atoms with E-state index in [0.29, 0.717) is 0 Å². The molecule has 0 fully saturated rings. The van der Waals surface area contributed by atoms with Crippen molar-refractivity contribution in [3.63, 3.8) is 0 Å². The summed E-state index contributed by atoms with van der Waals surface area (Å²) < 4.78 is 0. The van der Waals surface area contributed by atoms with Gasteiger partial charge in [-0.1, -0.05) is 5.10 Å². The summed E-state index contributed by atoms with van der Waals surface area (Å²) in [6.45, 7) is 0. The number of tetrazole rings is 1. The predicted octanol–water partition coefficient (Wildman–Crippen LogP) is -0.238. The lowest BCUT2D eigenvalue weighted by Crippen LogP contribution is -1.93. The number of aromatic amines is 1. The molecule has 0 unspecified atom stereocenters. The number of phenols is 3. The van der Waals surface area contributed by atoms with Gasteiger partial charge >= 0.3 is 0 Å². The molecule has 9 nitrogen and oxygen atoms in total. The van der Waals surface area contributed by atoms with E-state index in [1.54, 1.807) is 0 Å². The normalized spacial score (nSPS) is 10.8.